The highest BCUT2D eigenvalue weighted by Gasteiger charge is 2.24. The summed E-state index contributed by atoms with van der Waals surface area (Å²) in [6.45, 7) is 5.27. The van der Waals surface area contributed by atoms with E-state index in [1.807, 2.05) is 12.3 Å². The highest BCUT2D eigenvalue weighted by molar-refractivity contribution is 5.94. The second-order valence-corrected chi connectivity index (χ2v) is 8.01. The van der Waals surface area contributed by atoms with E-state index in [-0.39, 0.29) is 0 Å². The number of benzene rings is 2. The molecule has 1 N–H and O–H groups in total. The minimum atomic E-state index is 0.573. The number of hydrogen-bond donors (Lipinski definition) is 1. The van der Waals surface area contributed by atoms with E-state index in [1.54, 1.807) is 12.5 Å². The van der Waals surface area contributed by atoms with Crippen molar-refractivity contribution in [1.82, 2.24) is 4.90 Å². The predicted molar refractivity (Wildman–Crippen MR) is 124 cm³/mol. The molecule has 0 aliphatic carbocycles. The molecule has 3 aromatic rings. The molecule has 3 heterocycles. The fourth-order valence-electron chi connectivity index (χ4n) is 4.56. The van der Waals surface area contributed by atoms with Gasteiger partial charge in [0.15, 0.2) is 0 Å². The Hall–Kier alpha value is -3.11. The molecule has 5 rings (SSSR count). The number of likely N-dealkylation sites (tertiary alicyclic amines) is 1. The van der Waals surface area contributed by atoms with Crippen LogP contribution in [0.15, 0.2) is 76.7 Å². The molecule has 1 atom stereocenters. The van der Waals surface area contributed by atoms with Crippen molar-refractivity contribution in [1.29, 1.82) is 0 Å². The molecule has 1 unspecified atom stereocenters. The van der Waals surface area contributed by atoms with Gasteiger partial charge in [-0.2, -0.15) is 0 Å². The topological polar surface area (TPSA) is 40.8 Å². The third kappa shape index (κ3) is 3.71. The molecule has 2 aromatic carbocycles. The number of rotatable bonds is 5. The van der Waals surface area contributed by atoms with Crippen LogP contribution in [0.5, 0.6) is 0 Å². The zero-order valence-corrected chi connectivity index (χ0v) is 17.3. The van der Waals surface area contributed by atoms with Gasteiger partial charge in [-0.05, 0) is 78.0 Å². The molecule has 2 aliphatic heterocycles. The molecule has 1 saturated heterocycles. The molecule has 0 bridgehead atoms. The molecule has 4 heteroatoms. The fraction of sp³-hybridized carbons (Fsp3) is 0.269. The van der Waals surface area contributed by atoms with Crippen LogP contribution in [0.25, 0.3) is 16.7 Å². The lowest BCUT2D eigenvalue weighted by atomic mass is 9.94. The van der Waals surface area contributed by atoms with Gasteiger partial charge in [0.2, 0.25) is 0 Å². The minimum absolute atomic E-state index is 0.573. The first-order valence-electron chi connectivity index (χ1n) is 10.8. The molecule has 1 aromatic heterocycles. The SMILES string of the molecule is CCN1CCCC1c1ccc(NC=C2CN=Cc3ccc(-c4ccoc4)cc32)cc1. The van der Waals surface area contributed by atoms with E-state index in [2.05, 4.69) is 70.8 Å². The molecular formula is C26H27N3O. The number of furan rings is 1. The van der Waals surface area contributed by atoms with E-state index < -0.39 is 0 Å². The standard InChI is InChI=1S/C26H27N3O/c1-2-29-12-3-4-26(29)19-7-9-24(10-8-19)28-17-23-16-27-15-21-6-5-20(14-25(21)23)22-11-13-30-18-22/h5-11,13-15,17-18,26,28H,2-4,12,16H2,1H3. The van der Waals surface area contributed by atoms with E-state index in [4.69, 9.17) is 4.42 Å². The number of nitrogens with one attached hydrogen (secondary N) is 1. The molecule has 152 valence electrons. The average molecular weight is 398 g/mol. The van der Waals surface area contributed by atoms with Gasteiger partial charge < -0.3 is 9.73 Å². The lowest BCUT2D eigenvalue weighted by Crippen LogP contribution is -2.22. The number of fused-ring (bicyclic) bond motifs is 1. The smallest absolute Gasteiger partial charge is 0.0980 e. The largest absolute Gasteiger partial charge is 0.472 e. The van der Waals surface area contributed by atoms with Crippen LogP contribution < -0.4 is 5.32 Å². The van der Waals surface area contributed by atoms with Crippen molar-refractivity contribution in [2.24, 2.45) is 4.99 Å². The van der Waals surface area contributed by atoms with Gasteiger partial charge in [0, 0.05) is 29.7 Å². The third-order valence-corrected chi connectivity index (χ3v) is 6.22. The Morgan fingerprint density at radius 2 is 2.03 bits per heavy atom. The molecule has 0 radical (unpaired) electrons. The van der Waals surface area contributed by atoms with Crippen molar-refractivity contribution in [3.63, 3.8) is 0 Å². The summed E-state index contributed by atoms with van der Waals surface area (Å²) in [6, 6.07) is 17.9. The zero-order valence-electron chi connectivity index (χ0n) is 17.3. The summed E-state index contributed by atoms with van der Waals surface area (Å²) in [4.78, 5) is 7.10. The fourth-order valence-corrected chi connectivity index (χ4v) is 4.56. The maximum Gasteiger partial charge on any atom is 0.0980 e. The molecular weight excluding hydrogens is 370 g/mol. The number of hydrogen-bond acceptors (Lipinski definition) is 4. The Morgan fingerprint density at radius 1 is 1.13 bits per heavy atom. The van der Waals surface area contributed by atoms with E-state index in [1.165, 1.54) is 36.1 Å². The maximum absolute atomic E-state index is 5.25. The summed E-state index contributed by atoms with van der Waals surface area (Å²) >= 11 is 0. The average Bonchev–Trinajstić information content (AvgIpc) is 3.50. The van der Waals surface area contributed by atoms with Crippen molar-refractivity contribution in [2.75, 3.05) is 25.0 Å². The molecule has 1 fully saturated rings. The second kappa shape index (κ2) is 8.33. The Kier molecular flexibility index (Phi) is 5.24. The first-order valence-corrected chi connectivity index (χ1v) is 10.8. The van der Waals surface area contributed by atoms with Crippen LogP contribution in [0, 0.1) is 0 Å². The van der Waals surface area contributed by atoms with Crippen LogP contribution in [0.2, 0.25) is 0 Å². The van der Waals surface area contributed by atoms with Crippen molar-refractivity contribution >= 4 is 17.5 Å². The molecule has 2 aliphatic rings. The first kappa shape index (κ1) is 18.9. The minimum Gasteiger partial charge on any atom is -0.472 e. The molecule has 30 heavy (non-hydrogen) atoms. The predicted octanol–water partition coefficient (Wildman–Crippen LogP) is 5.99. The van der Waals surface area contributed by atoms with E-state index in [0.29, 0.717) is 12.6 Å². The van der Waals surface area contributed by atoms with Gasteiger partial charge in [-0.25, -0.2) is 0 Å². The third-order valence-electron chi connectivity index (χ3n) is 6.22. The van der Waals surface area contributed by atoms with E-state index in [9.17, 15) is 0 Å². The Morgan fingerprint density at radius 3 is 2.83 bits per heavy atom. The summed E-state index contributed by atoms with van der Waals surface area (Å²) in [5.74, 6) is 0. The summed E-state index contributed by atoms with van der Waals surface area (Å²) in [5.41, 5.74) is 8.34. The highest BCUT2D eigenvalue weighted by atomic mass is 16.3. The number of aliphatic imine (C=N–C) groups is 1. The van der Waals surface area contributed by atoms with Crippen LogP contribution in [0.4, 0.5) is 5.69 Å². The maximum atomic E-state index is 5.25. The van der Waals surface area contributed by atoms with Crippen LogP contribution in [0.1, 0.15) is 42.5 Å². The van der Waals surface area contributed by atoms with Gasteiger partial charge in [-0.1, -0.05) is 31.2 Å². The molecule has 0 spiro atoms. The summed E-state index contributed by atoms with van der Waals surface area (Å²) < 4.78 is 5.25. The molecule has 0 saturated carbocycles. The Bertz CT molecular complexity index is 1060. The van der Waals surface area contributed by atoms with Gasteiger partial charge in [0.05, 0.1) is 19.1 Å². The normalized spacial score (nSPS) is 19.9. The highest BCUT2D eigenvalue weighted by Crippen LogP contribution is 2.32. The number of anilines is 1. The van der Waals surface area contributed by atoms with Crippen LogP contribution in [-0.4, -0.2) is 30.7 Å². The molecule has 4 nitrogen and oxygen atoms in total. The van der Waals surface area contributed by atoms with Crippen LogP contribution in [-0.2, 0) is 0 Å². The quantitative estimate of drug-likeness (QED) is 0.575. The van der Waals surface area contributed by atoms with Gasteiger partial charge in [0.25, 0.3) is 0 Å². The second-order valence-electron chi connectivity index (χ2n) is 8.01. The summed E-state index contributed by atoms with van der Waals surface area (Å²) in [6.07, 6.45) is 10.1. The van der Waals surface area contributed by atoms with E-state index in [0.717, 1.165) is 28.9 Å². The monoisotopic (exact) mass is 397 g/mol. The van der Waals surface area contributed by atoms with Crippen LogP contribution >= 0.6 is 0 Å². The Labute approximate surface area is 177 Å². The van der Waals surface area contributed by atoms with Crippen molar-refractivity contribution in [3.05, 3.63) is 83.9 Å². The van der Waals surface area contributed by atoms with Gasteiger partial charge >= 0.3 is 0 Å². The van der Waals surface area contributed by atoms with Crippen molar-refractivity contribution < 1.29 is 4.42 Å². The van der Waals surface area contributed by atoms with Gasteiger partial charge in [-0.3, -0.25) is 9.89 Å². The van der Waals surface area contributed by atoms with Crippen molar-refractivity contribution in [3.8, 4) is 11.1 Å². The van der Waals surface area contributed by atoms with Crippen LogP contribution in [0.3, 0.4) is 0 Å². The number of nitrogens with zero attached hydrogens (tertiary/aromatic N) is 2. The summed E-state index contributed by atoms with van der Waals surface area (Å²) in [7, 11) is 0. The van der Waals surface area contributed by atoms with E-state index >= 15 is 0 Å². The lowest BCUT2D eigenvalue weighted by molar-refractivity contribution is 0.271. The summed E-state index contributed by atoms with van der Waals surface area (Å²) in [5, 5.41) is 3.48. The molecule has 0 amide bonds. The zero-order chi connectivity index (χ0) is 20.3. The Balaban J connectivity index is 1.35. The van der Waals surface area contributed by atoms with Crippen molar-refractivity contribution in [2.45, 2.75) is 25.8 Å². The van der Waals surface area contributed by atoms with Gasteiger partial charge in [-0.15, -0.1) is 0 Å². The lowest BCUT2D eigenvalue weighted by Gasteiger charge is -2.23. The van der Waals surface area contributed by atoms with Gasteiger partial charge in [0.1, 0.15) is 0 Å². The first-order chi connectivity index (χ1) is 14.8.